The Balaban J connectivity index is 0. The molecule has 0 saturated carbocycles. The molecule has 0 aliphatic rings. The fourth-order valence-corrected chi connectivity index (χ4v) is 0.666. The first-order valence-electron chi connectivity index (χ1n) is 4.32. The van der Waals surface area contributed by atoms with Crippen LogP contribution in [0, 0.1) is 5.92 Å². The van der Waals surface area contributed by atoms with Gasteiger partial charge in [0.2, 0.25) is 0 Å². The highest BCUT2D eigenvalue weighted by atomic mass is 14.6. The maximum Gasteiger partial charge on any atom is 0.0273 e. The lowest BCUT2D eigenvalue weighted by Crippen LogP contribution is -1.92. The fourth-order valence-electron chi connectivity index (χ4n) is 0.666. The molecule has 0 fully saturated rings. The maximum absolute atomic E-state index is 3.90. The van der Waals surface area contributed by atoms with Crippen LogP contribution in [0.15, 0.2) is 17.6 Å². The molecule has 11 heavy (non-hydrogen) atoms. The van der Waals surface area contributed by atoms with E-state index in [0.717, 1.165) is 12.8 Å². The molecular weight excluding hydrogens is 134 g/mol. The summed E-state index contributed by atoms with van der Waals surface area (Å²) in [7, 11) is 1.81. The van der Waals surface area contributed by atoms with Crippen LogP contribution in [-0.2, 0) is 0 Å². The van der Waals surface area contributed by atoms with E-state index in [1.165, 1.54) is 0 Å². The summed E-state index contributed by atoms with van der Waals surface area (Å²) in [6.45, 7) is 9.86. The molecule has 1 heteroatoms. The summed E-state index contributed by atoms with van der Waals surface area (Å²) >= 11 is 0. The molecule has 0 radical (unpaired) electrons. The van der Waals surface area contributed by atoms with Crippen molar-refractivity contribution in [1.29, 1.82) is 0 Å². The van der Waals surface area contributed by atoms with Crippen molar-refractivity contribution in [2.24, 2.45) is 10.9 Å². The largest absolute Gasteiger partial charge is 0.301 e. The number of hydrogen-bond acceptors (Lipinski definition) is 1. The van der Waals surface area contributed by atoms with Gasteiger partial charge in [-0.3, -0.25) is 0 Å². The second kappa shape index (κ2) is 12.1. The van der Waals surface area contributed by atoms with Crippen molar-refractivity contribution in [2.75, 3.05) is 7.05 Å². The molecule has 0 spiro atoms. The van der Waals surface area contributed by atoms with Crippen molar-refractivity contribution < 1.29 is 0 Å². The lowest BCUT2D eigenvalue weighted by atomic mass is 10.1. The highest BCUT2D eigenvalue weighted by Crippen LogP contribution is 2.04. The van der Waals surface area contributed by atoms with Crippen LogP contribution < -0.4 is 0 Å². The lowest BCUT2D eigenvalue weighted by molar-refractivity contribution is 0.626. The van der Waals surface area contributed by atoms with Crippen LogP contribution in [0.25, 0.3) is 0 Å². The van der Waals surface area contributed by atoms with E-state index >= 15 is 0 Å². The smallest absolute Gasteiger partial charge is 0.0273 e. The molecular formula is C10H21N. The van der Waals surface area contributed by atoms with Crippen molar-refractivity contribution in [1.82, 2.24) is 0 Å². The van der Waals surface area contributed by atoms with Crippen LogP contribution in [0.2, 0.25) is 0 Å². The van der Waals surface area contributed by atoms with Crippen molar-refractivity contribution in [3.05, 3.63) is 12.7 Å². The van der Waals surface area contributed by atoms with Crippen molar-refractivity contribution in [3.63, 3.8) is 0 Å². The monoisotopic (exact) mass is 155 g/mol. The van der Waals surface area contributed by atoms with Gasteiger partial charge in [-0.2, -0.15) is 0 Å². The Morgan fingerprint density at radius 2 is 1.91 bits per heavy atom. The SMILES string of the molecule is C=CCC(C)CC=NC.CC. The minimum absolute atomic E-state index is 0.700. The van der Waals surface area contributed by atoms with Crippen molar-refractivity contribution in [2.45, 2.75) is 33.6 Å². The molecule has 0 aliphatic heterocycles. The standard InChI is InChI=1S/C8H15N.C2H6/c1-4-5-8(2)6-7-9-3;1-2/h4,7-8H,1,5-6H2,2-3H3;1-2H3. The third-order valence-corrected chi connectivity index (χ3v) is 1.26. The average Bonchev–Trinajstić information content (AvgIpc) is 2.05. The molecule has 1 unspecified atom stereocenters. The minimum atomic E-state index is 0.700. The molecule has 0 aromatic heterocycles. The second-order valence-corrected chi connectivity index (χ2v) is 2.31. The van der Waals surface area contributed by atoms with Crippen LogP contribution in [0.5, 0.6) is 0 Å². The number of allylic oxidation sites excluding steroid dienone is 1. The first-order chi connectivity index (χ1) is 5.31. The summed E-state index contributed by atoms with van der Waals surface area (Å²) in [5.41, 5.74) is 0. The van der Waals surface area contributed by atoms with Gasteiger partial charge in [-0.05, 0) is 25.0 Å². The molecule has 0 aromatic rings. The maximum atomic E-state index is 3.90. The summed E-state index contributed by atoms with van der Waals surface area (Å²) < 4.78 is 0. The van der Waals surface area contributed by atoms with Crippen LogP contribution in [0.1, 0.15) is 33.6 Å². The number of aliphatic imine (C=N–C) groups is 1. The third-order valence-electron chi connectivity index (χ3n) is 1.26. The van der Waals surface area contributed by atoms with Gasteiger partial charge in [0.05, 0.1) is 0 Å². The van der Waals surface area contributed by atoms with E-state index in [4.69, 9.17) is 0 Å². The van der Waals surface area contributed by atoms with E-state index in [-0.39, 0.29) is 0 Å². The quantitative estimate of drug-likeness (QED) is 0.436. The predicted molar refractivity (Wildman–Crippen MR) is 54.4 cm³/mol. The first kappa shape index (κ1) is 13.0. The lowest BCUT2D eigenvalue weighted by Gasteiger charge is -2.01. The van der Waals surface area contributed by atoms with Crippen molar-refractivity contribution >= 4 is 6.21 Å². The van der Waals surface area contributed by atoms with Gasteiger partial charge in [0.25, 0.3) is 0 Å². The summed E-state index contributed by atoms with van der Waals surface area (Å²) in [5.74, 6) is 0.700. The Morgan fingerprint density at radius 3 is 2.27 bits per heavy atom. The average molecular weight is 155 g/mol. The van der Waals surface area contributed by atoms with Crippen molar-refractivity contribution in [3.8, 4) is 0 Å². The van der Waals surface area contributed by atoms with Crippen LogP contribution in [0.3, 0.4) is 0 Å². The van der Waals surface area contributed by atoms with E-state index in [0.29, 0.717) is 5.92 Å². The molecule has 0 N–H and O–H groups in total. The van der Waals surface area contributed by atoms with Gasteiger partial charge in [-0.25, -0.2) is 0 Å². The van der Waals surface area contributed by atoms with Crippen LogP contribution >= 0.6 is 0 Å². The van der Waals surface area contributed by atoms with Gasteiger partial charge < -0.3 is 4.99 Å². The summed E-state index contributed by atoms with van der Waals surface area (Å²) in [4.78, 5) is 3.90. The zero-order chi connectivity index (χ0) is 9.11. The zero-order valence-corrected chi connectivity index (χ0v) is 8.30. The van der Waals surface area contributed by atoms with E-state index in [2.05, 4.69) is 18.5 Å². The first-order valence-corrected chi connectivity index (χ1v) is 4.32. The van der Waals surface area contributed by atoms with Gasteiger partial charge in [0, 0.05) is 7.05 Å². The number of nitrogens with zero attached hydrogens (tertiary/aromatic N) is 1. The third kappa shape index (κ3) is 12.6. The van der Waals surface area contributed by atoms with Gasteiger partial charge in [0.1, 0.15) is 0 Å². The fraction of sp³-hybridized carbons (Fsp3) is 0.700. The van der Waals surface area contributed by atoms with Gasteiger partial charge in [0.15, 0.2) is 0 Å². The molecule has 0 saturated heterocycles. The molecule has 0 amide bonds. The van der Waals surface area contributed by atoms with Gasteiger partial charge in [-0.15, -0.1) is 6.58 Å². The Bertz CT molecular complexity index is 95.0. The van der Waals surface area contributed by atoms with Gasteiger partial charge in [-0.1, -0.05) is 26.8 Å². The summed E-state index contributed by atoms with van der Waals surface area (Å²) in [6, 6.07) is 0. The van der Waals surface area contributed by atoms with E-state index in [9.17, 15) is 0 Å². The van der Waals surface area contributed by atoms with Gasteiger partial charge >= 0.3 is 0 Å². The van der Waals surface area contributed by atoms with E-state index in [1.807, 2.05) is 26.1 Å². The Kier molecular flexibility index (Phi) is 14.4. The Morgan fingerprint density at radius 1 is 1.36 bits per heavy atom. The highest BCUT2D eigenvalue weighted by molar-refractivity contribution is 5.57. The normalized spacial score (nSPS) is 12.0. The molecule has 66 valence electrons. The molecule has 0 bridgehead atoms. The predicted octanol–water partition coefficient (Wildman–Crippen LogP) is 3.32. The molecule has 0 rings (SSSR count). The molecule has 1 atom stereocenters. The highest BCUT2D eigenvalue weighted by Gasteiger charge is 1.93. The topological polar surface area (TPSA) is 12.4 Å². The zero-order valence-electron chi connectivity index (χ0n) is 8.30. The van der Waals surface area contributed by atoms with Crippen LogP contribution in [-0.4, -0.2) is 13.3 Å². The van der Waals surface area contributed by atoms with Crippen LogP contribution in [0.4, 0.5) is 0 Å². The Hall–Kier alpha value is -0.590. The number of rotatable bonds is 4. The number of hydrogen-bond donors (Lipinski definition) is 0. The molecule has 1 nitrogen and oxygen atoms in total. The summed E-state index contributed by atoms with van der Waals surface area (Å²) in [6.07, 6.45) is 6.07. The summed E-state index contributed by atoms with van der Waals surface area (Å²) in [5, 5.41) is 0. The van der Waals surface area contributed by atoms with E-state index in [1.54, 1.807) is 7.05 Å². The second-order valence-electron chi connectivity index (χ2n) is 2.31. The molecule has 0 aliphatic carbocycles. The molecule has 0 heterocycles. The Labute approximate surface area is 71.2 Å². The van der Waals surface area contributed by atoms with E-state index < -0.39 is 0 Å². The molecule has 0 aromatic carbocycles. The minimum Gasteiger partial charge on any atom is -0.301 e.